The predicted molar refractivity (Wildman–Crippen MR) is 115 cm³/mol. The summed E-state index contributed by atoms with van der Waals surface area (Å²) in [4.78, 5) is 0. The van der Waals surface area contributed by atoms with Crippen LogP contribution in [0.3, 0.4) is 0 Å². The van der Waals surface area contributed by atoms with E-state index in [0.29, 0.717) is 36.3 Å². The summed E-state index contributed by atoms with van der Waals surface area (Å²) in [7, 11) is 0. The fraction of sp³-hybridized carbons (Fsp3) is 0.250. The Bertz CT molecular complexity index is 901. The first-order valence-electron chi connectivity index (χ1n) is 9.73. The molecule has 152 valence electrons. The van der Waals surface area contributed by atoms with E-state index in [1.54, 1.807) is 18.2 Å². The lowest BCUT2D eigenvalue weighted by Gasteiger charge is -2.15. The van der Waals surface area contributed by atoms with Crippen LogP contribution < -0.4 is 14.8 Å². The van der Waals surface area contributed by atoms with E-state index >= 15 is 0 Å². The molecule has 0 fully saturated rings. The van der Waals surface area contributed by atoms with Crippen molar-refractivity contribution >= 4 is 11.6 Å². The molecule has 3 nitrogen and oxygen atoms in total. The summed E-state index contributed by atoms with van der Waals surface area (Å²) in [5.74, 6) is 0.962. The number of hydrogen-bond acceptors (Lipinski definition) is 3. The minimum absolute atomic E-state index is 0.268. The highest BCUT2D eigenvalue weighted by molar-refractivity contribution is 6.31. The molecule has 0 aromatic heterocycles. The Kier molecular flexibility index (Phi) is 7.91. The van der Waals surface area contributed by atoms with Gasteiger partial charge in [0.1, 0.15) is 12.4 Å². The average Bonchev–Trinajstić information content (AvgIpc) is 2.74. The molecule has 5 heteroatoms. The second-order valence-electron chi connectivity index (χ2n) is 6.65. The molecule has 0 aliphatic rings. The minimum atomic E-state index is -0.268. The topological polar surface area (TPSA) is 30.5 Å². The smallest absolute Gasteiger partial charge is 0.163 e. The molecule has 1 N–H and O–H groups in total. The molecule has 0 spiro atoms. The number of rotatable bonds is 10. The van der Waals surface area contributed by atoms with Crippen molar-refractivity contribution in [2.75, 3.05) is 13.2 Å². The number of ether oxygens (including phenoxy) is 2. The van der Waals surface area contributed by atoms with Gasteiger partial charge in [0.15, 0.2) is 11.5 Å². The quantitative estimate of drug-likeness (QED) is 0.427. The van der Waals surface area contributed by atoms with Crippen LogP contribution in [0.25, 0.3) is 0 Å². The Hall–Kier alpha value is -2.56. The monoisotopic (exact) mass is 413 g/mol. The van der Waals surface area contributed by atoms with Crippen molar-refractivity contribution in [3.63, 3.8) is 0 Å². The van der Waals surface area contributed by atoms with Crippen molar-refractivity contribution in [1.29, 1.82) is 0 Å². The number of benzene rings is 3. The van der Waals surface area contributed by atoms with Crippen molar-refractivity contribution in [1.82, 2.24) is 5.32 Å². The second-order valence-corrected chi connectivity index (χ2v) is 7.06. The summed E-state index contributed by atoms with van der Waals surface area (Å²) in [6.07, 6.45) is 0.954. The van der Waals surface area contributed by atoms with Gasteiger partial charge in [-0.15, -0.1) is 0 Å². The van der Waals surface area contributed by atoms with Gasteiger partial charge in [-0.3, -0.25) is 0 Å². The molecule has 0 heterocycles. The summed E-state index contributed by atoms with van der Waals surface area (Å²) in [5, 5.41) is 4.05. The van der Waals surface area contributed by atoms with E-state index < -0.39 is 0 Å². The maximum absolute atomic E-state index is 13.1. The molecule has 0 aliphatic carbocycles. The van der Waals surface area contributed by atoms with Crippen molar-refractivity contribution in [3.05, 3.63) is 94.3 Å². The third-order valence-electron chi connectivity index (χ3n) is 4.47. The van der Waals surface area contributed by atoms with Gasteiger partial charge in [-0.05, 0) is 54.8 Å². The van der Waals surface area contributed by atoms with Crippen LogP contribution in [0.4, 0.5) is 4.39 Å². The standard InChI is InChI=1S/C24H25ClFNO2/c1-2-28-23-14-20(16-27-13-12-18-6-4-3-5-7-18)22(25)15-24(23)29-17-19-8-10-21(26)11-9-19/h3-11,14-15,27H,2,12-13,16-17H2,1H3. The normalized spacial score (nSPS) is 10.7. The minimum Gasteiger partial charge on any atom is -0.490 e. The molecular formula is C24H25ClFNO2. The third kappa shape index (κ3) is 6.48. The predicted octanol–water partition coefficient (Wildman–Crippen LogP) is 5.79. The van der Waals surface area contributed by atoms with Gasteiger partial charge in [0.05, 0.1) is 6.61 Å². The first-order valence-corrected chi connectivity index (χ1v) is 10.1. The summed E-state index contributed by atoms with van der Waals surface area (Å²) < 4.78 is 24.7. The first kappa shape index (κ1) is 21.2. The van der Waals surface area contributed by atoms with Gasteiger partial charge in [-0.1, -0.05) is 54.1 Å². The van der Waals surface area contributed by atoms with Gasteiger partial charge in [0, 0.05) is 17.6 Å². The molecule has 0 atom stereocenters. The number of halogens is 2. The molecule has 29 heavy (non-hydrogen) atoms. The second kappa shape index (κ2) is 10.8. The molecule has 0 unspecified atom stereocenters. The molecule has 3 rings (SSSR count). The van der Waals surface area contributed by atoms with Crippen LogP contribution in [0, 0.1) is 5.82 Å². The molecule has 0 bridgehead atoms. The largest absolute Gasteiger partial charge is 0.490 e. The fourth-order valence-corrected chi connectivity index (χ4v) is 3.16. The highest BCUT2D eigenvalue weighted by Gasteiger charge is 2.11. The first-order chi connectivity index (χ1) is 14.2. The molecule has 0 saturated carbocycles. The van der Waals surface area contributed by atoms with Gasteiger partial charge in [-0.2, -0.15) is 0 Å². The van der Waals surface area contributed by atoms with Crippen LogP contribution in [0.15, 0.2) is 66.7 Å². The zero-order valence-electron chi connectivity index (χ0n) is 16.5. The molecule has 0 radical (unpaired) electrons. The van der Waals surface area contributed by atoms with Gasteiger partial charge in [0.2, 0.25) is 0 Å². The fourth-order valence-electron chi connectivity index (χ4n) is 2.94. The zero-order chi connectivity index (χ0) is 20.5. The Labute approximate surface area is 176 Å². The Morgan fingerprint density at radius 1 is 0.897 bits per heavy atom. The van der Waals surface area contributed by atoms with Crippen molar-refractivity contribution in [2.45, 2.75) is 26.5 Å². The van der Waals surface area contributed by atoms with E-state index in [1.807, 2.05) is 31.2 Å². The van der Waals surface area contributed by atoms with E-state index in [1.165, 1.54) is 17.7 Å². The average molecular weight is 414 g/mol. The van der Waals surface area contributed by atoms with Gasteiger partial charge >= 0.3 is 0 Å². The van der Waals surface area contributed by atoms with Crippen LogP contribution in [0.1, 0.15) is 23.6 Å². The van der Waals surface area contributed by atoms with Crippen molar-refractivity contribution in [2.24, 2.45) is 0 Å². The van der Waals surface area contributed by atoms with E-state index in [9.17, 15) is 4.39 Å². The van der Waals surface area contributed by atoms with E-state index in [4.69, 9.17) is 21.1 Å². The Balaban J connectivity index is 1.61. The van der Waals surface area contributed by atoms with Gasteiger partial charge in [-0.25, -0.2) is 4.39 Å². The lowest BCUT2D eigenvalue weighted by atomic mass is 10.1. The lowest BCUT2D eigenvalue weighted by Crippen LogP contribution is -2.17. The molecule has 0 saturated heterocycles. The number of nitrogens with one attached hydrogen (secondary N) is 1. The van der Waals surface area contributed by atoms with Crippen LogP contribution in [0.2, 0.25) is 5.02 Å². The van der Waals surface area contributed by atoms with Crippen LogP contribution in [0.5, 0.6) is 11.5 Å². The van der Waals surface area contributed by atoms with Crippen LogP contribution >= 0.6 is 11.6 Å². The van der Waals surface area contributed by atoms with Crippen molar-refractivity contribution < 1.29 is 13.9 Å². The van der Waals surface area contributed by atoms with Gasteiger partial charge in [0.25, 0.3) is 0 Å². The zero-order valence-corrected chi connectivity index (χ0v) is 17.2. The third-order valence-corrected chi connectivity index (χ3v) is 4.82. The molecule has 3 aromatic rings. The van der Waals surface area contributed by atoms with E-state index in [-0.39, 0.29) is 5.82 Å². The number of hydrogen-bond donors (Lipinski definition) is 1. The summed E-state index contributed by atoms with van der Waals surface area (Å²) >= 11 is 6.47. The summed E-state index contributed by atoms with van der Waals surface area (Å²) in [5.41, 5.74) is 3.12. The summed E-state index contributed by atoms with van der Waals surface area (Å²) in [6, 6.07) is 20.3. The van der Waals surface area contributed by atoms with Gasteiger partial charge < -0.3 is 14.8 Å². The molecule has 3 aromatic carbocycles. The highest BCUT2D eigenvalue weighted by atomic mass is 35.5. The highest BCUT2D eigenvalue weighted by Crippen LogP contribution is 2.34. The molecule has 0 aliphatic heterocycles. The van der Waals surface area contributed by atoms with E-state index in [0.717, 1.165) is 24.1 Å². The van der Waals surface area contributed by atoms with E-state index in [2.05, 4.69) is 17.4 Å². The Morgan fingerprint density at radius 2 is 1.62 bits per heavy atom. The van der Waals surface area contributed by atoms with Crippen LogP contribution in [-0.4, -0.2) is 13.2 Å². The maximum Gasteiger partial charge on any atom is 0.163 e. The molecule has 0 amide bonds. The lowest BCUT2D eigenvalue weighted by molar-refractivity contribution is 0.269. The van der Waals surface area contributed by atoms with Crippen molar-refractivity contribution in [3.8, 4) is 11.5 Å². The summed E-state index contributed by atoms with van der Waals surface area (Å²) in [6.45, 7) is 4.26. The SMILES string of the molecule is CCOc1cc(CNCCc2ccccc2)c(Cl)cc1OCc1ccc(F)cc1. The Morgan fingerprint density at radius 3 is 2.34 bits per heavy atom. The maximum atomic E-state index is 13.1. The van der Waals surface area contributed by atoms with Crippen LogP contribution in [-0.2, 0) is 19.6 Å². The molecular weight excluding hydrogens is 389 g/mol.